The highest BCUT2D eigenvalue weighted by atomic mass is 35.5. The molecule has 6 heteroatoms. The van der Waals surface area contributed by atoms with Crippen molar-refractivity contribution in [2.45, 2.75) is 26.2 Å². The van der Waals surface area contributed by atoms with Crippen LogP contribution in [0.25, 0.3) is 0 Å². The molecule has 0 radical (unpaired) electrons. The first-order valence-electron chi connectivity index (χ1n) is 7.48. The predicted molar refractivity (Wildman–Crippen MR) is 98.1 cm³/mol. The van der Waals surface area contributed by atoms with E-state index in [-0.39, 0.29) is 36.6 Å². The fourth-order valence-electron chi connectivity index (χ4n) is 2.28. The Labute approximate surface area is 146 Å². The summed E-state index contributed by atoms with van der Waals surface area (Å²) < 4.78 is 0. The van der Waals surface area contributed by atoms with Crippen molar-refractivity contribution < 1.29 is 4.79 Å². The SMILES string of the molecule is CCCN(CC)CCNC(=O)C(CN)c1ccccc1.Cl.Cl. The van der Waals surface area contributed by atoms with Gasteiger partial charge >= 0.3 is 0 Å². The highest BCUT2D eigenvalue weighted by Crippen LogP contribution is 2.13. The number of halogens is 2. The van der Waals surface area contributed by atoms with Crippen LogP contribution in [0.2, 0.25) is 0 Å². The van der Waals surface area contributed by atoms with Crippen LogP contribution in [0.3, 0.4) is 0 Å². The normalized spacial score (nSPS) is 11.3. The van der Waals surface area contributed by atoms with Crippen molar-refractivity contribution in [1.82, 2.24) is 10.2 Å². The number of hydrogen-bond acceptors (Lipinski definition) is 3. The second-order valence-electron chi connectivity index (χ2n) is 4.92. The van der Waals surface area contributed by atoms with E-state index in [1.165, 1.54) is 0 Å². The molecule has 1 amide bonds. The third-order valence-electron chi connectivity index (χ3n) is 3.47. The van der Waals surface area contributed by atoms with Gasteiger partial charge in [-0.1, -0.05) is 44.2 Å². The fraction of sp³-hybridized carbons (Fsp3) is 0.562. The number of likely N-dealkylation sites (N-methyl/N-ethyl adjacent to an activating group) is 1. The van der Waals surface area contributed by atoms with Crippen molar-refractivity contribution in [3.63, 3.8) is 0 Å². The fourth-order valence-corrected chi connectivity index (χ4v) is 2.28. The van der Waals surface area contributed by atoms with Gasteiger partial charge in [-0.3, -0.25) is 4.79 Å². The molecule has 0 saturated heterocycles. The van der Waals surface area contributed by atoms with Gasteiger partial charge in [0.05, 0.1) is 5.92 Å². The Morgan fingerprint density at radius 2 is 1.82 bits per heavy atom. The smallest absolute Gasteiger partial charge is 0.228 e. The summed E-state index contributed by atoms with van der Waals surface area (Å²) in [6.07, 6.45) is 1.14. The van der Waals surface area contributed by atoms with Crippen LogP contribution in [0.1, 0.15) is 31.7 Å². The number of rotatable bonds is 9. The Kier molecular flexibility index (Phi) is 14.7. The summed E-state index contributed by atoms with van der Waals surface area (Å²) in [5.41, 5.74) is 6.72. The van der Waals surface area contributed by atoms with Gasteiger partial charge in [-0.15, -0.1) is 24.8 Å². The molecule has 1 unspecified atom stereocenters. The summed E-state index contributed by atoms with van der Waals surface area (Å²) in [4.78, 5) is 14.5. The molecule has 1 rings (SSSR count). The monoisotopic (exact) mass is 349 g/mol. The second-order valence-corrected chi connectivity index (χ2v) is 4.92. The van der Waals surface area contributed by atoms with Crippen LogP contribution < -0.4 is 11.1 Å². The molecule has 0 heterocycles. The summed E-state index contributed by atoms with van der Waals surface area (Å²) in [5.74, 6) is -0.233. The standard InChI is InChI=1S/C16H27N3O.2ClH/c1-3-11-19(4-2)12-10-18-16(20)15(13-17)14-8-6-5-7-9-14;;/h5-9,15H,3-4,10-13,17H2,1-2H3,(H,18,20);2*1H. The highest BCUT2D eigenvalue weighted by molar-refractivity contribution is 5.85. The van der Waals surface area contributed by atoms with E-state index in [1.54, 1.807) is 0 Å². The van der Waals surface area contributed by atoms with Crippen molar-refractivity contribution in [2.24, 2.45) is 5.73 Å². The first-order chi connectivity index (χ1) is 9.72. The third kappa shape index (κ3) is 7.99. The van der Waals surface area contributed by atoms with E-state index in [0.717, 1.165) is 31.6 Å². The van der Waals surface area contributed by atoms with Crippen molar-refractivity contribution in [1.29, 1.82) is 0 Å². The maximum Gasteiger partial charge on any atom is 0.228 e. The molecule has 0 aliphatic rings. The van der Waals surface area contributed by atoms with Crippen LogP contribution >= 0.6 is 24.8 Å². The zero-order chi connectivity index (χ0) is 14.8. The van der Waals surface area contributed by atoms with E-state index in [4.69, 9.17) is 5.73 Å². The number of amides is 1. The maximum absolute atomic E-state index is 12.2. The molecule has 1 aromatic carbocycles. The van der Waals surface area contributed by atoms with Gasteiger partial charge in [0, 0.05) is 19.6 Å². The summed E-state index contributed by atoms with van der Waals surface area (Å²) in [6.45, 7) is 8.31. The molecule has 1 aromatic rings. The first kappa shape index (κ1) is 23.5. The molecule has 0 bridgehead atoms. The lowest BCUT2D eigenvalue weighted by Gasteiger charge is -2.21. The molecule has 128 valence electrons. The number of hydrogen-bond donors (Lipinski definition) is 2. The number of nitrogens with one attached hydrogen (secondary N) is 1. The van der Waals surface area contributed by atoms with Crippen molar-refractivity contribution in [3.05, 3.63) is 35.9 Å². The largest absolute Gasteiger partial charge is 0.354 e. The molecular weight excluding hydrogens is 321 g/mol. The summed E-state index contributed by atoms with van der Waals surface area (Å²) in [5, 5.41) is 2.99. The molecule has 0 spiro atoms. The number of benzene rings is 1. The van der Waals surface area contributed by atoms with Crippen LogP contribution in [0, 0.1) is 0 Å². The van der Waals surface area contributed by atoms with Gasteiger partial charge in [-0.2, -0.15) is 0 Å². The van der Waals surface area contributed by atoms with Crippen LogP contribution in [0.15, 0.2) is 30.3 Å². The molecule has 0 aromatic heterocycles. The summed E-state index contributed by atoms with van der Waals surface area (Å²) >= 11 is 0. The summed E-state index contributed by atoms with van der Waals surface area (Å²) in [6, 6.07) is 9.72. The van der Waals surface area contributed by atoms with Gasteiger partial charge in [0.2, 0.25) is 5.91 Å². The summed E-state index contributed by atoms with van der Waals surface area (Å²) in [7, 11) is 0. The van der Waals surface area contributed by atoms with Crippen LogP contribution in [0.5, 0.6) is 0 Å². The van der Waals surface area contributed by atoms with E-state index < -0.39 is 0 Å². The van der Waals surface area contributed by atoms with Gasteiger partial charge < -0.3 is 16.0 Å². The van der Waals surface area contributed by atoms with Gasteiger partial charge in [-0.25, -0.2) is 0 Å². The minimum atomic E-state index is -0.252. The van der Waals surface area contributed by atoms with Crippen molar-refractivity contribution in [3.8, 4) is 0 Å². The van der Waals surface area contributed by atoms with Crippen LogP contribution in [-0.2, 0) is 4.79 Å². The maximum atomic E-state index is 12.2. The molecule has 0 aliphatic carbocycles. The van der Waals surface area contributed by atoms with E-state index >= 15 is 0 Å². The number of carbonyl (C=O) groups excluding carboxylic acids is 1. The Bertz CT molecular complexity index is 390. The average molecular weight is 350 g/mol. The quantitative estimate of drug-likeness (QED) is 0.719. The molecule has 0 aliphatic heterocycles. The van der Waals surface area contributed by atoms with E-state index in [1.807, 2.05) is 30.3 Å². The molecule has 4 nitrogen and oxygen atoms in total. The van der Waals surface area contributed by atoms with Crippen LogP contribution in [-0.4, -0.2) is 43.5 Å². The molecule has 1 atom stereocenters. The number of carbonyl (C=O) groups is 1. The lowest BCUT2D eigenvalue weighted by Crippen LogP contribution is -2.39. The van der Waals surface area contributed by atoms with Crippen LogP contribution in [0.4, 0.5) is 0 Å². The first-order valence-corrected chi connectivity index (χ1v) is 7.48. The number of nitrogens with two attached hydrogens (primary N) is 1. The Balaban J connectivity index is 0. The van der Waals surface area contributed by atoms with Gasteiger partial charge in [-0.05, 0) is 25.1 Å². The Morgan fingerprint density at radius 3 is 2.32 bits per heavy atom. The van der Waals surface area contributed by atoms with E-state index in [2.05, 4.69) is 24.1 Å². The van der Waals surface area contributed by atoms with Gasteiger partial charge in [0.25, 0.3) is 0 Å². The van der Waals surface area contributed by atoms with Gasteiger partial charge in [0.1, 0.15) is 0 Å². The molecular formula is C16H29Cl2N3O. The molecule has 22 heavy (non-hydrogen) atoms. The zero-order valence-electron chi connectivity index (χ0n) is 13.5. The second kappa shape index (κ2) is 13.8. The molecule has 3 N–H and O–H groups in total. The minimum Gasteiger partial charge on any atom is -0.354 e. The average Bonchev–Trinajstić information content (AvgIpc) is 2.48. The van der Waals surface area contributed by atoms with Crippen molar-refractivity contribution in [2.75, 3.05) is 32.7 Å². The Morgan fingerprint density at radius 1 is 1.18 bits per heavy atom. The lowest BCUT2D eigenvalue weighted by molar-refractivity contribution is -0.122. The van der Waals surface area contributed by atoms with E-state index in [0.29, 0.717) is 13.1 Å². The third-order valence-corrected chi connectivity index (χ3v) is 3.47. The lowest BCUT2D eigenvalue weighted by atomic mass is 9.98. The minimum absolute atomic E-state index is 0. The van der Waals surface area contributed by atoms with Gasteiger partial charge in [0.15, 0.2) is 0 Å². The topological polar surface area (TPSA) is 58.4 Å². The Hall–Kier alpha value is -0.810. The zero-order valence-corrected chi connectivity index (χ0v) is 15.1. The molecule has 0 saturated carbocycles. The van der Waals surface area contributed by atoms with E-state index in [9.17, 15) is 4.79 Å². The predicted octanol–water partition coefficient (Wildman–Crippen LogP) is 2.42. The highest BCUT2D eigenvalue weighted by Gasteiger charge is 2.18. The molecule has 0 fully saturated rings. The van der Waals surface area contributed by atoms with Crippen molar-refractivity contribution >= 4 is 30.7 Å². The number of nitrogens with zero attached hydrogens (tertiary/aromatic N) is 1.